The predicted octanol–water partition coefficient (Wildman–Crippen LogP) is 2.43. The fraction of sp³-hybridized carbons (Fsp3) is 0.409. The number of rotatable bonds is 4. The molecule has 3 aliphatic rings. The van der Waals surface area contributed by atoms with Crippen LogP contribution in [0.25, 0.3) is 16.9 Å². The van der Waals surface area contributed by atoms with Crippen LogP contribution in [-0.4, -0.2) is 55.9 Å². The molecule has 2 bridgehead atoms. The molecule has 2 atom stereocenters. The Bertz CT molecular complexity index is 1060. The second-order valence-corrected chi connectivity index (χ2v) is 8.23. The Kier molecular flexibility index (Phi) is 4.88. The first-order valence-corrected chi connectivity index (χ1v) is 10.4. The molecule has 0 radical (unpaired) electrons. The first-order valence-electron chi connectivity index (χ1n) is 10.4. The van der Waals surface area contributed by atoms with E-state index < -0.39 is 5.97 Å². The van der Waals surface area contributed by atoms with Crippen molar-refractivity contribution in [2.45, 2.75) is 38.0 Å². The molecule has 2 saturated heterocycles. The number of likely N-dealkylation sites (tertiary alicyclic amines) is 1. The number of nitrogens with two attached hydrogens (primary N) is 1. The highest BCUT2D eigenvalue weighted by atomic mass is 16.5. The van der Waals surface area contributed by atoms with Gasteiger partial charge in [-0.05, 0) is 37.0 Å². The van der Waals surface area contributed by atoms with Gasteiger partial charge in [0.05, 0.1) is 24.3 Å². The van der Waals surface area contributed by atoms with E-state index in [1.54, 1.807) is 4.52 Å². The van der Waals surface area contributed by atoms with Gasteiger partial charge in [-0.1, -0.05) is 30.3 Å². The average molecular weight is 407 g/mol. The molecular formula is C22H25N5O3. The molecule has 0 amide bonds. The number of fused-ring (bicyclic) bond motifs is 3. The summed E-state index contributed by atoms with van der Waals surface area (Å²) >= 11 is 0. The van der Waals surface area contributed by atoms with Crippen molar-refractivity contribution in [3.05, 3.63) is 48.0 Å². The maximum absolute atomic E-state index is 9.76. The number of pyridine rings is 1. The topological polar surface area (TPSA) is 106 Å². The number of carboxylic acid groups (broad SMARTS) is 1. The fourth-order valence-corrected chi connectivity index (χ4v) is 4.16. The van der Waals surface area contributed by atoms with Crippen molar-refractivity contribution in [2.24, 2.45) is 5.92 Å². The molecule has 1 aromatic carbocycles. The monoisotopic (exact) mass is 407 g/mol. The third kappa shape index (κ3) is 3.88. The molecule has 6 rings (SSSR count). The van der Waals surface area contributed by atoms with E-state index in [9.17, 15) is 4.79 Å². The number of aromatic nitrogens is 3. The van der Waals surface area contributed by atoms with Crippen molar-refractivity contribution in [1.29, 1.82) is 0 Å². The first-order chi connectivity index (χ1) is 14.6. The Morgan fingerprint density at radius 1 is 1.20 bits per heavy atom. The maximum Gasteiger partial charge on any atom is 0.306 e. The lowest BCUT2D eigenvalue weighted by Gasteiger charge is -2.26. The lowest BCUT2D eigenvalue weighted by molar-refractivity contribution is -0.138. The minimum Gasteiger partial charge on any atom is -0.481 e. The van der Waals surface area contributed by atoms with Crippen LogP contribution in [0.3, 0.4) is 0 Å². The van der Waals surface area contributed by atoms with Crippen LogP contribution < -0.4 is 5.73 Å². The standard InChI is InChI=1S/C18H19N5O.C4H6O2/c19-18-20-17-3-1-2-16(23(17)21-18)13-6-4-12(5-7-13)9-22-10-15-8-14(22)11-24-15;5-4(6)3-1-2-3/h1-7,14-15H,8-11H2,(H2,19,21);3H,1-2H2,(H,5,6)/t14-,15-;/m0./s1. The summed E-state index contributed by atoms with van der Waals surface area (Å²) in [7, 11) is 0. The van der Waals surface area contributed by atoms with Crippen molar-refractivity contribution < 1.29 is 14.6 Å². The number of ether oxygens (including phenoxy) is 1. The molecular weight excluding hydrogens is 382 g/mol. The Labute approximate surface area is 174 Å². The predicted molar refractivity (Wildman–Crippen MR) is 112 cm³/mol. The number of benzene rings is 1. The maximum atomic E-state index is 9.76. The third-order valence-corrected chi connectivity index (χ3v) is 5.95. The summed E-state index contributed by atoms with van der Waals surface area (Å²) < 4.78 is 7.46. The van der Waals surface area contributed by atoms with Gasteiger partial charge in [0.2, 0.25) is 5.95 Å². The highest BCUT2D eigenvalue weighted by molar-refractivity contribution is 5.72. The molecule has 156 valence electrons. The van der Waals surface area contributed by atoms with Crippen molar-refractivity contribution in [1.82, 2.24) is 19.5 Å². The van der Waals surface area contributed by atoms with Crippen LogP contribution >= 0.6 is 0 Å². The van der Waals surface area contributed by atoms with Crippen molar-refractivity contribution in [3.63, 3.8) is 0 Å². The van der Waals surface area contributed by atoms with Gasteiger partial charge in [0, 0.05) is 24.7 Å². The van der Waals surface area contributed by atoms with Gasteiger partial charge >= 0.3 is 5.97 Å². The smallest absolute Gasteiger partial charge is 0.306 e. The quantitative estimate of drug-likeness (QED) is 0.684. The summed E-state index contributed by atoms with van der Waals surface area (Å²) in [5.74, 6) is -0.314. The molecule has 8 nitrogen and oxygen atoms in total. The average Bonchev–Trinajstić information content (AvgIpc) is 3.23. The lowest BCUT2D eigenvalue weighted by atomic mass is 10.1. The van der Waals surface area contributed by atoms with Crippen LogP contribution in [0.4, 0.5) is 5.95 Å². The Hall–Kier alpha value is -2.97. The minimum absolute atomic E-state index is 0.0185. The van der Waals surface area contributed by atoms with E-state index in [0.717, 1.165) is 49.4 Å². The normalized spacial score (nSPS) is 22.8. The van der Waals surface area contributed by atoms with Crippen LogP contribution in [0.15, 0.2) is 42.5 Å². The molecule has 3 fully saturated rings. The minimum atomic E-state index is -0.630. The fourth-order valence-electron chi connectivity index (χ4n) is 4.16. The van der Waals surface area contributed by atoms with E-state index in [0.29, 0.717) is 18.1 Å². The zero-order valence-electron chi connectivity index (χ0n) is 16.6. The molecule has 0 unspecified atom stereocenters. The van der Waals surface area contributed by atoms with Gasteiger partial charge in [0.15, 0.2) is 5.65 Å². The molecule has 3 N–H and O–H groups in total. The van der Waals surface area contributed by atoms with Gasteiger partial charge in [-0.25, -0.2) is 4.52 Å². The summed E-state index contributed by atoms with van der Waals surface area (Å²) in [6.07, 6.45) is 3.43. The van der Waals surface area contributed by atoms with Crippen LogP contribution in [0.5, 0.6) is 0 Å². The van der Waals surface area contributed by atoms with Crippen LogP contribution in [0.1, 0.15) is 24.8 Å². The third-order valence-electron chi connectivity index (χ3n) is 5.95. The van der Waals surface area contributed by atoms with Gasteiger partial charge < -0.3 is 15.6 Å². The second-order valence-electron chi connectivity index (χ2n) is 8.23. The highest BCUT2D eigenvalue weighted by Crippen LogP contribution is 2.30. The van der Waals surface area contributed by atoms with Gasteiger partial charge in [-0.3, -0.25) is 9.69 Å². The van der Waals surface area contributed by atoms with Crippen molar-refractivity contribution in [3.8, 4) is 11.3 Å². The van der Waals surface area contributed by atoms with Crippen molar-refractivity contribution in [2.75, 3.05) is 18.9 Å². The number of hydrogen-bond acceptors (Lipinski definition) is 6. The van der Waals surface area contributed by atoms with Gasteiger partial charge in [0.25, 0.3) is 0 Å². The molecule has 4 heterocycles. The number of carboxylic acids is 1. The number of nitrogen functional groups attached to an aromatic ring is 1. The van der Waals surface area contributed by atoms with Crippen LogP contribution in [0, 0.1) is 5.92 Å². The van der Waals surface area contributed by atoms with Crippen molar-refractivity contribution >= 4 is 17.6 Å². The summed E-state index contributed by atoms with van der Waals surface area (Å²) in [4.78, 5) is 16.5. The zero-order chi connectivity index (χ0) is 20.7. The molecule has 2 aromatic heterocycles. The highest BCUT2D eigenvalue weighted by Gasteiger charge is 2.38. The number of aliphatic carboxylic acids is 1. The van der Waals surface area contributed by atoms with Crippen LogP contribution in [0.2, 0.25) is 0 Å². The number of hydrogen-bond donors (Lipinski definition) is 2. The van der Waals surface area contributed by atoms with E-state index >= 15 is 0 Å². The molecule has 8 heteroatoms. The number of morpholine rings is 1. The van der Waals surface area contributed by atoms with Gasteiger partial charge in [0.1, 0.15) is 0 Å². The molecule has 1 aliphatic carbocycles. The molecule has 30 heavy (non-hydrogen) atoms. The Balaban J connectivity index is 0.000000279. The summed E-state index contributed by atoms with van der Waals surface area (Å²) in [6, 6.07) is 15.2. The number of anilines is 1. The zero-order valence-corrected chi connectivity index (χ0v) is 16.6. The lowest BCUT2D eigenvalue weighted by Crippen LogP contribution is -2.36. The Morgan fingerprint density at radius 2 is 2.00 bits per heavy atom. The first kappa shape index (κ1) is 19.0. The van der Waals surface area contributed by atoms with E-state index in [1.807, 2.05) is 18.2 Å². The summed E-state index contributed by atoms with van der Waals surface area (Å²) in [5.41, 5.74) is 9.93. The van der Waals surface area contributed by atoms with E-state index in [4.69, 9.17) is 15.6 Å². The van der Waals surface area contributed by atoms with Crippen LogP contribution in [-0.2, 0) is 16.1 Å². The van der Waals surface area contributed by atoms with E-state index in [1.165, 1.54) is 12.0 Å². The largest absolute Gasteiger partial charge is 0.481 e. The van der Waals surface area contributed by atoms with Gasteiger partial charge in [-0.2, -0.15) is 4.98 Å². The second kappa shape index (κ2) is 7.70. The van der Waals surface area contributed by atoms with E-state index in [2.05, 4.69) is 39.2 Å². The molecule has 2 aliphatic heterocycles. The molecule has 1 saturated carbocycles. The SMILES string of the molecule is Nc1nc2cccc(-c3ccc(CN4C[C@@H]5C[C@H]4CO5)cc3)n2n1.O=C(O)C1CC1. The summed E-state index contributed by atoms with van der Waals surface area (Å²) in [5, 5.41) is 12.3. The molecule has 3 aromatic rings. The van der Waals surface area contributed by atoms with E-state index in [-0.39, 0.29) is 5.92 Å². The summed E-state index contributed by atoms with van der Waals surface area (Å²) in [6.45, 7) is 2.94. The number of nitrogens with zero attached hydrogens (tertiary/aromatic N) is 4. The Morgan fingerprint density at radius 3 is 2.60 bits per heavy atom. The van der Waals surface area contributed by atoms with Gasteiger partial charge in [-0.15, -0.1) is 5.10 Å². The number of carbonyl (C=O) groups is 1. The molecule has 0 spiro atoms.